The second-order valence-electron chi connectivity index (χ2n) is 9.76. The molecule has 2 aromatic heterocycles. The standard InChI is InChI=1S/C26H31N5O5/c1-26(2,3)36-21(32)9-10-27-23(33)19-11-17(14-29-25(19)35-4)16-7-8-18-20(12-16)30-31-22(18)24(34)28-13-15-5-6-15/h7-8,11-12,14-15H,5-6,9-10,13H2,1-4H3,(H,27,33)(H,28,34)(H,30,31)/i4D3. The molecule has 0 aliphatic heterocycles. The van der Waals surface area contributed by atoms with Gasteiger partial charge in [-0.2, -0.15) is 5.10 Å². The number of esters is 1. The van der Waals surface area contributed by atoms with Crippen molar-refractivity contribution in [2.24, 2.45) is 5.92 Å². The number of carbonyl (C=O) groups is 3. The van der Waals surface area contributed by atoms with E-state index in [1.165, 1.54) is 12.3 Å². The predicted octanol–water partition coefficient (Wildman–Crippen LogP) is 3.23. The van der Waals surface area contributed by atoms with Crippen LogP contribution in [0.4, 0.5) is 0 Å². The predicted molar refractivity (Wildman–Crippen MR) is 134 cm³/mol. The van der Waals surface area contributed by atoms with Gasteiger partial charge in [0.1, 0.15) is 11.2 Å². The van der Waals surface area contributed by atoms with Crippen molar-refractivity contribution in [3.05, 3.63) is 41.7 Å². The summed E-state index contributed by atoms with van der Waals surface area (Å²) in [6.07, 6.45) is 3.57. The van der Waals surface area contributed by atoms with Crippen LogP contribution < -0.4 is 15.4 Å². The Morgan fingerprint density at radius 1 is 1.14 bits per heavy atom. The van der Waals surface area contributed by atoms with Gasteiger partial charge >= 0.3 is 5.97 Å². The summed E-state index contributed by atoms with van der Waals surface area (Å²) in [6.45, 7) is 5.82. The minimum Gasteiger partial charge on any atom is -0.480 e. The number of hydrogen-bond acceptors (Lipinski definition) is 7. The maximum absolute atomic E-state index is 13.0. The number of fused-ring (bicyclic) bond motifs is 1. The number of aromatic amines is 1. The average Bonchev–Trinajstić information content (AvgIpc) is 3.57. The number of nitrogens with zero attached hydrogens (tertiary/aromatic N) is 2. The van der Waals surface area contributed by atoms with Gasteiger partial charge in [-0.1, -0.05) is 6.07 Å². The molecule has 36 heavy (non-hydrogen) atoms. The van der Waals surface area contributed by atoms with E-state index in [1.807, 2.05) is 0 Å². The van der Waals surface area contributed by atoms with Gasteiger partial charge in [-0.15, -0.1) is 0 Å². The van der Waals surface area contributed by atoms with E-state index in [4.69, 9.17) is 13.6 Å². The lowest BCUT2D eigenvalue weighted by Crippen LogP contribution is -2.30. The number of aromatic nitrogens is 3. The van der Waals surface area contributed by atoms with Crippen LogP contribution in [-0.4, -0.2) is 58.7 Å². The summed E-state index contributed by atoms with van der Waals surface area (Å²) in [7, 11) is -2.83. The van der Waals surface area contributed by atoms with Crippen molar-refractivity contribution in [1.82, 2.24) is 25.8 Å². The number of hydrogen-bond donors (Lipinski definition) is 3. The third-order valence-electron chi connectivity index (χ3n) is 5.59. The first kappa shape index (κ1) is 21.3. The summed E-state index contributed by atoms with van der Waals surface area (Å²) < 4.78 is 32.5. The molecule has 2 heterocycles. The molecule has 0 spiro atoms. The highest BCUT2D eigenvalue weighted by molar-refractivity contribution is 6.05. The summed E-state index contributed by atoms with van der Waals surface area (Å²) in [6, 6.07) is 6.71. The maximum atomic E-state index is 13.0. The lowest BCUT2D eigenvalue weighted by molar-refractivity contribution is -0.154. The van der Waals surface area contributed by atoms with Crippen LogP contribution in [-0.2, 0) is 9.53 Å². The molecule has 10 nitrogen and oxygen atoms in total. The number of amides is 2. The average molecular weight is 497 g/mol. The first-order chi connectivity index (χ1) is 18.3. The minimum atomic E-state index is -2.83. The van der Waals surface area contributed by atoms with Crippen molar-refractivity contribution in [2.75, 3.05) is 20.1 Å². The van der Waals surface area contributed by atoms with E-state index in [9.17, 15) is 14.4 Å². The van der Waals surface area contributed by atoms with E-state index in [0.717, 1.165) is 12.8 Å². The monoisotopic (exact) mass is 496 g/mol. The van der Waals surface area contributed by atoms with Crippen molar-refractivity contribution >= 4 is 28.7 Å². The van der Waals surface area contributed by atoms with Crippen LogP contribution in [0.25, 0.3) is 22.0 Å². The SMILES string of the molecule is [2H]C([2H])([2H])Oc1ncc(-c2ccc3c(C(=O)NCC4CC4)n[nH]c3c2)cc1C(=O)NCCC(=O)OC(C)(C)C. The van der Waals surface area contributed by atoms with Gasteiger partial charge in [-0.3, -0.25) is 19.5 Å². The molecular weight excluding hydrogens is 462 g/mol. The molecule has 0 radical (unpaired) electrons. The third-order valence-corrected chi connectivity index (χ3v) is 5.59. The zero-order valence-corrected chi connectivity index (χ0v) is 20.4. The Kier molecular flexibility index (Phi) is 6.14. The molecule has 1 aliphatic rings. The molecule has 3 N–H and O–H groups in total. The van der Waals surface area contributed by atoms with Gasteiger partial charge in [0.05, 0.1) is 23.1 Å². The zero-order chi connectivity index (χ0) is 28.4. The van der Waals surface area contributed by atoms with Crippen molar-refractivity contribution in [3.8, 4) is 17.0 Å². The normalized spacial score (nSPS) is 14.9. The maximum Gasteiger partial charge on any atom is 0.308 e. The highest BCUT2D eigenvalue weighted by atomic mass is 16.6. The molecule has 1 saturated carbocycles. The molecule has 4 rings (SSSR count). The van der Waals surface area contributed by atoms with Crippen LogP contribution in [0, 0.1) is 5.92 Å². The van der Waals surface area contributed by atoms with E-state index in [2.05, 4.69) is 25.8 Å². The van der Waals surface area contributed by atoms with Crippen molar-refractivity contribution in [2.45, 2.75) is 45.6 Å². The smallest absolute Gasteiger partial charge is 0.308 e. The number of carbonyl (C=O) groups excluding carboxylic acids is 3. The molecule has 0 unspecified atom stereocenters. The Morgan fingerprint density at radius 3 is 2.67 bits per heavy atom. The van der Waals surface area contributed by atoms with Crippen LogP contribution in [0.1, 0.15) is 65.0 Å². The summed E-state index contributed by atoms with van der Waals surface area (Å²) >= 11 is 0. The lowest BCUT2D eigenvalue weighted by Gasteiger charge is -2.19. The molecule has 2 amide bonds. The molecule has 0 saturated heterocycles. The number of ether oxygens (including phenoxy) is 2. The van der Waals surface area contributed by atoms with Gasteiger partial charge in [-0.05, 0) is 63.3 Å². The van der Waals surface area contributed by atoms with Gasteiger partial charge < -0.3 is 20.1 Å². The quantitative estimate of drug-likeness (QED) is 0.387. The Labute approximate surface area is 213 Å². The molecule has 190 valence electrons. The number of nitrogens with one attached hydrogen (secondary N) is 3. The number of pyridine rings is 1. The fourth-order valence-electron chi connectivity index (χ4n) is 3.63. The molecule has 10 heteroatoms. The molecule has 0 atom stereocenters. The van der Waals surface area contributed by atoms with Gasteiger partial charge in [0.15, 0.2) is 5.69 Å². The minimum absolute atomic E-state index is 0.0309. The molecule has 0 bridgehead atoms. The number of benzene rings is 1. The molecule has 3 aromatic rings. The highest BCUT2D eigenvalue weighted by Gasteiger charge is 2.23. The van der Waals surface area contributed by atoms with Crippen molar-refractivity contribution < 1.29 is 28.0 Å². The summed E-state index contributed by atoms with van der Waals surface area (Å²) in [4.78, 5) is 41.6. The second-order valence-corrected chi connectivity index (χ2v) is 9.76. The van der Waals surface area contributed by atoms with E-state index in [0.29, 0.717) is 40.2 Å². The van der Waals surface area contributed by atoms with Gasteiger partial charge in [-0.25, -0.2) is 4.98 Å². The van der Waals surface area contributed by atoms with Crippen molar-refractivity contribution in [3.63, 3.8) is 0 Å². The van der Waals surface area contributed by atoms with Crippen LogP contribution in [0.5, 0.6) is 5.88 Å². The fraction of sp³-hybridized carbons (Fsp3) is 0.423. The Morgan fingerprint density at radius 2 is 1.94 bits per heavy atom. The summed E-state index contributed by atoms with van der Waals surface area (Å²) in [5.74, 6) is -1.23. The Bertz CT molecular complexity index is 1390. The number of rotatable bonds is 9. The van der Waals surface area contributed by atoms with Gasteiger partial charge in [0.2, 0.25) is 5.88 Å². The number of methoxy groups -OCH3 is 1. The summed E-state index contributed by atoms with van der Waals surface area (Å²) in [5.41, 5.74) is 1.28. The lowest BCUT2D eigenvalue weighted by atomic mass is 10.0. The molecular formula is C26H31N5O5. The van der Waals surface area contributed by atoms with E-state index < -0.39 is 24.5 Å². The van der Waals surface area contributed by atoms with Crippen LogP contribution in [0.15, 0.2) is 30.5 Å². The molecule has 1 fully saturated rings. The zero-order valence-electron chi connectivity index (χ0n) is 23.4. The van der Waals surface area contributed by atoms with E-state index >= 15 is 0 Å². The van der Waals surface area contributed by atoms with E-state index in [-0.39, 0.29) is 30.3 Å². The first-order valence-corrected chi connectivity index (χ1v) is 11.7. The third kappa shape index (κ3) is 6.18. The largest absolute Gasteiger partial charge is 0.480 e. The Hall–Kier alpha value is -3.95. The highest BCUT2D eigenvalue weighted by Crippen LogP contribution is 2.29. The Balaban J connectivity index is 1.54. The van der Waals surface area contributed by atoms with Crippen LogP contribution in [0.3, 0.4) is 0 Å². The summed E-state index contributed by atoms with van der Waals surface area (Å²) in [5, 5.41) is 13.2. The first-order valence-electron chi connectivity index (χ1n) is 13.2. The van der Waals surface area contributed by atoms with Gasteiger partial charge in [0, 0.05) is 30.2 Å². The van der Waals surface area contributed by atoms with Crippen LogP contribution in [0.2, 0.25) is 0 Å². The van der Waals surface area contributed by atoms with Crippen molar-refractivity contribution in [1.29, 1.82) is 0 Å². The molecule has 1 aliphatic carbocycles. The van der Waals surface area contributed by atoms with E-state index in [1.54, 1.807) is 39.0 Å². The topological polar surface area (TPSA) is 135 Å². The molecule has 1 aromatic carbocycles. The fourth-order valence-corrected chi connectivity index (χ4v) is 3.63. The second kappa shape index (κ2) is 10.3. The van der Waals surface area contributed by atoms with Gasteiger partial charge in [0.25, 0.3) is 11.8 Å². The van der Waals surface area contributed by atoms with Crippen LogP contribution >= 0.6 is 0 Å². The number of H-pyrrole nitrogens is 1.